The molecule has 5 aliphatic heterocycles. The molecule has 112 heavy (non-hydrogen) atoms. The molecule has 5 heterocycles. The number of nitrogens with one attached hydrogen (secondary N) is 1. The number of aromatic hydroxyl groups is 4. The largest absolute Gasteiger partial charge is 0.508 e. The first-order valence-electron chi connectivity index (χ1n) is 39.6. The predicted octanol–water partition coefficient (Wildman–Crippen LogP) is 17.4. The third kappa shape index (κ3) is 22.2. The van der Waals surface area contributed by atoms with Crippen LogP contribution in [0.3, 0.4) is 0 Å². The van der Waals surface area contributed by atoms with E-state index >= 15 is 0 Å². The van der Waals surface area contributed by atoms with Crippen molar-refractivity contribution in [2.75, 3.05) is 38.7 Å². The zero-order chi connectivity index (χ0) is 81.6. The normalized spacial score (nSPS) is 16.1. The van der Waals surface area contributed by atoms with Crippen molar-refractivity contribution in [3.8, 4) is 34.5 Å². The van der Waals surface area contributed by atoms with E-state index in [4.69, 9.17) is 9.47 Å². The topological polar surface area (TPSA) is 196 Å². The van der Waals surface area contributed by atoms with Crippen molar-refractivity contribution in [2.24, 2.45) is 0 Å². The van der Waals surface area contributed by atoms with Crippen LogP contribution in [0.2, 0.25) is 0 Å². The Kier molecular flexibility index (Phi) is 27.1. The van der Waals surface area contributed by atoms with Gasteiger partial charge in [-0.15, -0.1) is 0 Å². The van der Waals surface area contributed by atoms with Gasteiger partial charge >= 0.3 is 0 Å². The molecular formula is C93H123FN6O10S2. The third-order valence-electron chi connectivity index (χ3n) is 23.2. The molecule has 1 amide bonds. The van der Waals surface area contributed by atoms with Gasteiger partial charge in [0.1, 0.15) is 22.9 Å². The van der Waals surface area contributed by atoms with Crippen molar-refractivity contribution in [3.05, 3.63) is 235 Å². The zero-order valence-corrected chi connectivity index (χ0v) is 71.1. The number of aryl methyl sites for hydroxylation is 6. The highest BCUT2D eigenvalue weighted by Gasteiger charge is 2.38. The van der Waals surface area contributed by atoms with Gasteiger partial charge in [-0.05, 0) is 310 Å². The maximum Gasteiger partial charge on any atom is 0.254 e. The number of sulfone groups is 1. The molecule has 13 rings (SSSR count). The number of carbonyl (C=O) groups excluding carboxylic acids is 1. The van der Waals surface area contributed by atoms with Gasteiger partial charge in [0.05, 0.1) is 11.0 Å². The van der Waals surface area contributed by atoms with E-state index in [1.54, 1.807) is 48.7 Å². The highest BCUT2D eigenvalue weighted by Crippen LogP contribution is 2.41. The Hall–Kier alpha value is -8.27. The number of hydrogen-bond acceptors (Lipinski definition) is 15. The highest BCUT2D eigenvalue weighted by atomic mass is 32.2. The van der Waals surface area contributed by atoms with Crippen LogP contribution in [-0.2, 0) is 97.4 Å². The second-order valence-corrected chi connectivity index (χ2v) is 39.8. The van der Waals surface area contributed by atoms with Crippen molar-refractivity contribution in [3.63, 3.8) is 0 Å². The lowest BCUT2D eigenvalue weighted by Gasteiger charge is -2.36. The smallest absolute Gasteiger partial charge is 0.254 e. The van der Waals surface area contributed by atoms with Gasteiger partial charge < -0.3 is 40.1 Å². The van der Waals surface area contributed by atoms with Gasteiger partial charge in [0.25, 0.3) is 5.91 Å². The average molecular weight is 1570 g/mol. The molecule has 1 saturated heterocycles. The summed E-state index contributed by atoms with van der Waals surface area (Å²) in [5.74, 6) is 6.04. The molecule has 1 atom stereocenters. The van der Waals surface area contributed by atoms with Gasteiger partial charge in [-0.1, -0.05) is 78.9 Å². The van der Waals surface area contributed by atoms with Gasteiger partial charge in [0.2, 0.25) is 0 Å². The van der Waals surface area contributed by atoms with Crippen LogP contribution in [0.4, 0.5) is 4.39 Å². The number of phenols is 4. The minimum absolute atomic E-state index is 0.0141. The molecule has 5 N–H and O–H groups in total. The van der Waals surface area contributed by atoms with E-state index in [-0.39, 0.29) is 57.1 Å². The Labute approximate surface area is 667 Å². The predicted molar refractivity (Wildman–Crippen MR) is 452 cm³/mol. The molecule has 16 nitrogen and oxygen atoms in total. The lowest BCUT2D eigenvalue weighted by atomic mass is 9.93. The fourth-order valence-electron chi connectivity index (χ4n) is 15.5. The third-order valence-corrected chi connectivity index (χ3v) is 25.6. The number of amides is 1. The summed E-state index contributed by atoms with van der Waals surface area (Å²) >= 11 is 0. The maximum absolute atomic E-state index is 14.0. The van der Waals surface area contributed by atoms with Crippen molar-refractivity contribution in [1.82, 2.24) is 29.8 Å². The Morgan fingerprint density at radius 2 is 0.884 bits per heavy atom. The van der Waals surface area contributed by atoms with Crippen LogP contribution < -0.4 is 14.8 Å². The molecular weight excluding hydrogens is 1440 g/mol. The summed E-state index contributed by atoms with van der Waals surface area (Å²) in [6.45, 7) is 41.4. The maximum atomic E-state index is 14.0. The van der Waals surface area contributed by atoms with Crippen molar-refractivity contribution in [2.45, 2.75) is 251 Å². The summed E-state index contributed by atoms with van der Waals surface area (Å²) in [5.41, 5.74) is 16.2. The number of rotatable bonds is 22. The highest BCUT2D eigenvalue weighted by molar-refractivity contribution is 7.99. The van der Waals surface area contributed by atoms with E-state index in [2.05, 4.69) is 110 Å². The number of piperazine rings is 1. The molecule has 604 valence electrons. The van der Waals surface area contributed by atoms with Crippen LogP contribution in [-0.4, -0.2) is 142 Å². The lowest BCUT2D eigenvalue weighted by molar-refractivity contribution is 0.0731. The quantitative estimate of drug-likeness (QED) is 0.0402. The average Bonchev–Trinajstić information content (AvgIpc) is 1.64. The van der Waals surface area contributed by atoms with E-state index in [9.17, 15) is 42.2 Å². The van der Waals surface area contributed by atoms with E-state index in [1.165, 1.54) is 45.2 Å². The van der Waals surface area contributed by atoms with Crippen LogP contribution >= 0.6 is 0 Å². The first kappa shape index (κ1) is 86.1. The van der Waals surface area contributed by atoms with Crippen LogP contribution in [0.15, 0.2) is 155 Å². The minimum atomic E-state index is -3.20. The van der Waals surface area contributed by atoms with Gasteiger partial charge in [-0.25, -0.2) is 12.8 Å². The molecule has 0 bridgehead atoms. The number of ether oxygens (including phenoxy) is 2. The van der Waals surface area contributed by atoms with E-state index in [0.29, 0.717) is 34.4 Å². The van der Waals surface area contributed by atoms with Crippen molar-refractivity contribution >= 4 is 31.1 Å². The molecule has 0 spiro atoms. The molecule has 0 radical (unpaired) electrons. The number of halogens is 1. The molecule has 1 fully saturated rings. The number of nitrogens with zero attached hydrogens (tertiary/aromatic N) is 5. The first-order valence-corrected chi connectivity index (χ1v) is 43.6. The second kappa shape index (κ2) is 35.2. The van der Waals surface area contributed by atoms with Crippen LogP contribution in [0.1, 0.15) is 204 Å². The fraction of sp³-hybridized carbons (Fsp3) is 0.462. The van der Waals surface area contributed by atoms with Crippen LogP contribution in [0.25, 0.3) is 0 Å². The summed E-state index contributed by atoms with van der Waals surface area (Å²) in [7, 11) is -5.41. The molecule has 8 aromatic carbocycles. The van der Waals surface area contributed by atoms with Gasteiger partial charge in [0.15, 0.2) is 32.8 Å². The Balaban J connectivity index is 0.000000159. The van der Waals surface area contributed by atoms with Crippen LogP contribution in [0.5, 0.6) is 34.5 Å². The number of fused-ring (bicyclic) bond motifs is 4. The monoisotopic (exact) mass is 1570 g/mol. The number of hydrogen-bond donors (Lipinski definition) is 5. The summed E-state index contributed by atoms with van der Waals surface area (Å²) in [6, 6.07) is 46.0. The molecule has 1 unspecified atom stereocenters. The standard InChI is InChI=1S/C25H33N3O2.C24H33NO4S.C22H28FNO2.C22H29NO2S/c1-18-15-19(7-8-23(18)29)9-10-25(2,3)28-16-20-5-4-6-21(22(20)17-28)24(30)27-13-11-26-12-14-27;1-23(2,3)29-22-13-17(7-10-21(22)26)11-12-24(4,5)25-15-18-8-9-20(30(6,27)28)14-19(18)16-25;1-15(2)26-21-12-16(8-9-20(21)25)10-11-22(3,4)24-13-17-6-5-7-19(23)18(17)14-24;1-16-13-17(9-10-20(16)24)11-12-22(2,3)23-14-18-7-6-8-21(19(18)15-23)26(4,5)25/h4-8,15,26,29H,9-14,16-17H2,1-3H3;7-10,13-14,26H,11-12,15-16H2,1-6H3;5-9,12,15,25H,10-11,13-14H2,1-4H3;6-10,13,24H,4,11-12,14-15H2,1-3,5H3. The number of carbonyl (C=O) groups is 1. The van der Waals surface area contributed by atoms with Gasteiger partial charge in [0, 0.05) is 129 Å². The molecule has 0 saturated carbocycles. The van der Waals surface area contributed by atoms with Gasteiger partial charge in [-0.3, -0.25) is 28.6 Å². The molecule has 19 heteroatoms. The molecule has 0 aromatic heterocycles. The lowest BCUT2D eigenvalue weighted by Crippen LogP contribution is -2.46. The second-order valence-electron chi connectivity index (χ2n) is 35.4. The van der Waals surface area contributed by atoms with Gasteiger partial charge in [-0.2, -0.15) is 0 Å². The Morgan fingerprint density at radius 1 is 0.482 bits per heavy atom. The Morgan fingerprint density at radius 3 is 1.35 bits per heavy atom. The summed E-state index contributed by atoms with van der Waals surface area (Å²) < 4.78 is 61.8. The number of benzene rings is 8. The fourth-order valence-corrected chi connectivity index (χ4v) is 17.3. The van der Waals surface area contributed by atoms with E-state index in [0.717, 1.165) is 173 Å². The summed E-state index contributed by atoms with van der Waals surface area (Å²) in [4.78, 5) is 26.1. The van der Waals surface area contributed by atoms with E-state index < -0.39 is 19.4 Å². The van der Waals surface area contributed by atoms with E-state index in [1.807, 2.05) is 132 Å². The first-order chi connectivity index (χ1) is 52.4. The zero-order valence-electron chi connectivity index (χ0n) is 69.5. The number of phenolic OH excluding ortho intramolecular Hbond substituents is 4. The Bertz CT molecular complexity index is 4910. The van der Waals surface area contributed by atoms with Crippen LogP contribution in [0, 0.1) is 19.7 Å². The molecule has 0 aliphatic carbocycles. The summed E-state index contributed by atoms with van der Waals surface area (Å²) in [6.07, 6.45) is 10.6. The summed E-state index contributed by atoms with van der Waals surface area (Å²) in [5, 5.41) is 42.8. The van der Waals surface area contributed by atoms with Crippen molar-refractivity contribution < 1.29 is 51.7 Å². The SMILES string of the molecule is C=S(C)(=O)c1cccc2c1CN(C(C)(C)CCc1ccc(O)c(C)c1)C2.CC(C)(C)Oc1cc(CCC(C)(C)N2Cc3ccc(S(C)(=O)=O)cc3C2)ccc1O.CC(C)Oc1cc(CCC(C)(C)N2Cc3cccc(F)c3C2)ccc1O.Cc1cc(CCC(C)(C)N2Cc3cccc(C(=O)N4CCNCC4)c3C2)ccc1O. The van der Waals surface area contributed by atoms with Crippen molar-refractivity contribution in [1.29, 1.82) is 0 Å². The molecule has 5 aliphatic rings. The molecule has 8 aromatic rings. The minimum Gasteiger partial charge on any atom is -0.508 e.